The van der Waals surface area contributed by atoms with Crippen LogP contribution in [0.1, 0.15) is 19.4 Å². The van der Waals surface area contributed by atoms with E-state index in [1.807, 2.05) is 0 Å². The van der Waals surface area contributed by atoms with Crippen molar-refractivity contribution in [3.8, 4) is 0 Å². The summed E-state index contributed by atoms with van der Waals surface area (Å²) in [6, 6.07) is 2.60. The van der Waals surface area contributed by atoms with E-state index >= 15 is 0 Å². The summed E-state index contributed by atoms with van der Waals surface area (Å²) in [6.07, 6.45) is -2.09. The highest BCUT2D eigenvalue weighted by molar-refractivity contribution is 5.27. The van der Waals surface area contributed by atoms with Crippen LogP contribution in [0.3, 0.4) is 0 Å². The Labute approximate surface area is 146 Å². The number of rotatable bonds is 7. The van der Waals surface area contributed by atoms with Gasteiger partial charge >= 0.3 is 6.18 Å². The average Bonchev–Trinajstić information content (AvgIpc) is 2.97. The van der Waals surface area contributed by atoms with Gasteiger partial charge in [-0.05, 0) is 6.07 Å². The maximum absolute atomic E-state index is 14.4. The van der Waals surface area contributed by atoms with Gasteiger partial charge < -0.3 is 9.84 Å². The van der Waals surface area contributed by atoms with Crippen LogP contribution in [0.25, 0.3) is 0 Å². The van der Waals surface area contributed by atoms with Crippen LogP contribution in [0.5, 0.6) is 0 Å². The molecule has 1 unspecified atom stereocenters. The number of benzene rings is 1. The van der Waals surface area contributed by atoms with Crippen LogP contribution in [0.4, 0.5) is 22.0 Å². The first-order valence-corrected chi connectivity index (χ1v) is 7.59. The van der Waals surface area contributed by atoms with Gasteiger partial charge in [-0.2, -0.15) is 18.3 Å². The van der Waals surface area contributed by atoms with Crippen LogP contribution in [0.15, 0.2) is 30.9 Å². The summed E-state index contributed by atoms with van der Waals surface area (Å²) < 4.78 is 70.5. The first-order valence-electron chi connectivity index (χ1n) is 7.59. The van der Waals surface area contributed by atoms with E-state index in [0.29, 0.717) is 6.07 Å². The molecule has 0 amide bonds. The Morgan fingerprint density at radius 1 is 1.15 bits per heavy atom. The number of nitrogens with zero attached hydrogens (tertiary/aromatic N) is 3. The van der Waals surface area contributed by atoms with Gasteiger partial charge in [0.1, 0.15) is 36.5 Å². The summed E-state index contributed by atoms with van der Waals surface area (Å²) in [4.78, 5) is 3.72. The monoisotopic (exact) mass is 379 g/mol. The molecule has 10 heteroatoms. The number of ether oxygens (including phenoxy) is 1. The molecule has 0 aliphatic rings. The van der Waals surface area contributed by atoms with Gasteiger partial charge in [-0.3, -0.25) is 0 Å². The summed E-state index contributed by atoms with van der Waals surface area (Å²) in [5, 5.41) is 15.1. The average molecular weight is 379 g/mol. The second kappa shape index (κ2) is 7.28. The van der Waals surface area contributed by atoms with E-state index in [2.05, 4.69) is 14.8 Å². The van der Waals surface area contributed by atoms with Gasteiger partial charge in [-0.1, -0.05) is 19.9 Å². The first-order chi connectivity index (χ1) is 11.9. The molecule has 1 heterocycles. The van der Waals surface area contributed by atoms with E-state index in [4.69, 9.17) is 0 Å². The molecule has 26 heavy (non-hydrogen) atoms. The molecule has 144 valence electrons. The van der Waals surface area contributed by atoms with Gasteiger partial charge in [0.25, 0.3) is 0 Å². The minimum absolute atomic E-state index is 0.282. The van der Waals surface area contributed by atoms with Crippen molar-refractivity contribution in [2.75, 3.05) is 13.2 Å². The van der Waals surface area contributed by atoms with Crippen molar-refractivity contribution in [1.29, 1.82) is 0 Å². The lowest BCUT2D eigenvalue weighted by Gasteiger charge is -2.43. The molecule has 0 aliphatic carbocycles. The zero-order chi connectivity index (χ0) is 19.6. The molecule has 0 spiro atoms. The standard InChI is InChI=1S/C16H18F5N3O2/c1-14(2,7-26-8-16(19,20)21)15(25,6-24-10-22-9-23-24)12-4-3-11(17)5-13(12)18/h3-5,9-10,25H,6-8H2,1-2H3. The molecule has 0 saturated heterocycles. The minimum Gasteiger partial charge on any atom is -0.382 e. The lowest BCUT2D eigenvalue weighted by molar-refractivity contribution is -0.195. The van der Waals surface area contributed by atoms with E-state index in [-0.39, 0.29) is 12.1 Å². The third-order valence-electron chi connectivity index (χ3n) is 4.08. The van der Waals surface area contributed by atoms with Crippen LogP contribution in [-0.2, 0) is 16.9 Å². The zero-order valence-corrected chi connectivity index (χ0v) is 14.1. The summed E-state index contributed by atoms with van der Waals surface area (Å²) in [5.41, 5.74) is -3.72. The van der Waals surface area contributed by atoms with E-state index in [1.54, 1.807) is 0 Å². The zero-order valence-electron chi connectivity index (χ0n) is 14.1. The predicted octanol–water partition coefficient (Wildman–Crippen LogP) is 3.05. The molecule has 1 aromatic carbocycles. The van der Waals surface area contributed by atoms with Crippen molar-refractivity contribution in [3.63, 3.8) is 0 Å². The van der Waals surface area contributed by atoms with Crippen molar-refractivity contribution in [1.82, 2.24) is 14.8 Å². The second-order valence-electron chi connectivity index (χ2n) is 6.57. The fraction of sp³-hybridized carbons (Fsp3) is 0.500. The highest BCUT2D eigenvalue weighted by atomic mass is 19.4. The number of alkyl halides is 3. The Morgan fingerprint density at radius 2 is 1.85 bits per heavy atom. The minimum atomic E-state index is -4.54. The van der Waals surface area contributed by atoms with E-state index in [0.717, 1.165) is 12.1 Å². The third kappa shape index (κ3) is 4.55. The van der Waals surface area contributed by atoms with Crippen LogP contribution in [0.2, 0.25) is 0 Å². The topological polar surface area (TPSA) is 60.2 Å². The Balaban J connectivity index is 2.39. The normalized spacial score (nSPS) is 15.1. The van der Waals surface area contributed by atoms with Crippen LogP contribution in [-0.4, -0.2) is 39.3 Å². The lowest BCUT2D eigenvalue weighted by atomic mass is 9.71. The number of aromatic nitrogens is 3. The van der Waals surface area contributed by atoms with Crippen LogP contribution in [0, 0.1) is 17.0 Å². The molecule has 0 fully saturated rings. The number of aliphatic hydroxyl groups is 1. The van der Waals surface area contributed by atoms with E-state index < -0.39 is 42.0 Å². The molecule has 2 aromatic rings. The van der Waals surface area contributed by atoms with Crippen molar-refractivity contribution in [2.45, 2.75) is 32.2 Å². The second-order valence-corrected chi connectivity index (χ2v) is 6.57. The summed E-state index contributed by atoms with van der Waals surface area (Å²) >= 11 is 0. The molecule has 5 nitrogen and oxygen atoms in total. The number of hydrogen-bond donors (Lipinski definition) is 1. The van der Waals surface area contributed by atoms with Crippen molar-refractivity contribution in [2.24, 2.45) is 5.41 Å². The summed E-state index contributed by atoms with van der Waals surface area (Å²) in [7, 11) is 0. The van der Waals surface area contributed by atoms with Gasteiger partial charge in [-0.25, -0.2) is 18.4 Å². The Bertz CT molecular complexity index is 734. The highest BCUT2D eigenvalue weighted by Gasteiger charge is 2.48. The van der Waals surface area contributed by atoms with Gasteiger partial charge in [0.2, 0.25) is 0 Å². The fourth-order valence-corrected chi connectivity index (χ4v) is 2.58. The number of halogens is 5. The molecule has 1 atom stereocenters. The van der Waals surface area contributed by atoms with Gasteiger partial charge in [0.05, 0.1) is 13.2 Å². The Kier molecular flexibility index (Phi) is 5.67. The fourth-order valence-electron chi connectivity index (χ4n) is 2.58. The maximum atomic E-state index is 14.4. The third-order valence-corrected chi connectivity index (χ3v) is 4.08. The van der Waals surface area contributed by atoms with Gasteiger partial charge in [0, 0.05) is 17.0 Å². The predicted molar refractivity (Wildman–Crippen MR) is 80.9 cm³/mol. The molecule has 0 bridgehead atoms. The summed E-state index contributed by atoms with van der Waals surface area (Å²) in [5.74, 6) is -1.88. The SMILES string of the molecule is CC(C)(COCC(F)(F)F)C(O)(Cn1cncn1)c1ccc(F)cc1F. The number of hydrogen-bond acceptors (Lipinski definition) is 4. The molecule has 1 aromatic heterocycles. The molecule has 0 radical (unpaired) electrons. The van der Waals surface area contributed by atoms with E-state index in [1.165, 1.54) is 31.2 Å². The molecule has 0 saturated carbocycles. The van der Waals surface area contributed by atoms with Gasteiger partial charge in [-0.15, -0.1) is 0 Å². The Hall–Kier alpha value is -2.07. The highest BCUT2D eigenvalue weighted by Crippen LogP contribution is 2.42. The largest absolute Gasteiger partial charge is 0.411 e. The smallest absolute Gasteiger partial charge is 0.382 e. The van der Waals surface area contributed by atoms with Gasteiger partial charge in [0.15, 0.2) is 0 Å². The van der Waals surface area contributed by atoms with Crippen LogP contribution >= 0.6 is 0 Å². The van der Waals surface area contributed by atoms with Crippen molar-refractivity contribution < 1.29 is 31.8 Å². The quantitative estimate of drug-likeness (QED) is 0.752. The molecular weight excluding hydrogens is 361 g/mol. The van der Waals surface area contributed by atoms with Crippen LogP contribution < -0.4 is 0 Å². The molecular formula is C16H18F5N3O2. The Morgan fingerprint density at radius 3 is 2.38 bits per heavy atom. The van der Waals surface area contributed by atoms with Crippen molar-refractivity contribution >= 4 is 0 Å². The summed E-state index contributed by atoms with van der Waals surface area (Å²) in [6.45, 7) is 0.473. The molecule has 2 rings (SSSR count). The lowest BCUT2D eigenvalue weighted by Crippen LogP contribution is -2.49. The maximum Gasteiger partial charge on any atom is 0.411 e. The van der Waals surface area contributed by atoms with Crippen molar-refractivity contribution in [3.05, 3.63) is 48.1 Å². The molecule has 1 N–H and O–H groups in total. The van der Waals surface area contributed by atoms with E-state index in [9.17, 15) is 27.1 Å². The molecule has 0 aliphatic heterocycles. The first kappa shape index (κ1) is 20.2.